The van der Waals surface area contributed by atoms with Gasteiger partial charge in [-0.05, 0) is 44.0 Å². The number of nitrogens with zero attached hydrogens (tertiary/aromatic N) is 1. The molecule has 2 N–H and O–H groups in total. The third kappa shape index (κ3) is 3.90. The smallest absolute Gasteiger partial charge is 0.406 e. The molecule has 1 aliphatic heterocycles. The van der Waals surface area contributed by atoms with E-state index in [9.17, 15) is 21.6 Å². The fraction of sp³-hybridized carbons (Fsp3) is 0.538. The van der Waals surface area contributed by atoms with E-state index < -0.39 is 22.1 Å². The van der Waals surface area contributed by atoms with Gasteiger partial charge in [-0.1, -0.05) is 0 Å². The maximum Gasteiger partial charge on any atom is 0.573 e. The van der Waals surface area contributed by atoms with Crippen LogP contribution in [0.15, 0.2) is 29.2 Å². The predicted octanol–water partition coefficient (Wildman–Crippen LogP) is 2.09. The Labute approximate surface area is 126 Å². The highest BCUT2D eigenvalue weighted by Crippen LogP contribution is 2.28. The Balaban J connectivity index is 2.19. The predicted molar refractivity (Wildman–Crippen MR) is 73.7 cm³/mol. The van der Waals surface area contributed by atoms with Crippen LogP contribution in [0.5, 0.6) is 5.75 Å². The molecule has 0 aliphatic carbocycles. The van der Waals surface area contributed by atoms with Gasteiger partial charge in [0.25, 0.3) is 0 Å². The zero-order valence-electron chi connectivity index (χ0n) is 11.9. The molecule has 2 unspecified atom stereocenters. The summed E-state index contributed by atoms with van der Waals surface area (Å²) in [5.41, 5.74) is 5.80. The molecule has 1 aromatic rings. The van der Waals surface area contributed by atoms with Gasteiger partial charge in [0.2, 0.25) is 10.0 Å². The molecule has 1 fully saturated rings. The lowest BCUT2D eigenvalue weighted by Gasteiger charge is -2.35. The van der Waals surface area contributed by atoms with Gasteiger partial charge in [-0.15, -0.1) is 13.2 Å². The fourth-order valence-electron chi connectivity index (χ4n) is 2.49. The molecule has 0 bridgehead atoms. The number of hydrogen-bond donors (Lipinski definition) is 1. The quantitative estimate of drug-likeness (QED) is 0.916. The maximum atomic E-state index is 12.5. The summed E-state index contributed by atoms with van der Waals surface area (Å²) in [6.45, 7) is 2.06. The Bertz CT molecular complexity index is 616. The van der Waals surface area contributed by atoms with E-state index in [1.165, 1.54) is 4.31 Å². The van der Waals surface area contributed by atoms with E-state index in [1.54, 1.807) is 6.92 Å². The topological polar surface area (TPSA) is 72.6 Å². The number of halogens is 3. The van der Waals surface area contributed by atoms with Crippen LogP contribution >= 0.6 is 0 Å². The molecule has 1 aliphatic rings. The largest absolute Gasteiger partial charge is 0.573 e. The van der Waals surface area contributed by atoms with Crippen LogP contribution in [0.25, 0.3) is 0 Å². The van der Waals surface area contributed by atoms with Crippen LogP contribution in [-0.2, 0) is 10.0 Å². The number of hydrogen-bond acceptors (Lipinski definition) is 4. The minimum Gasteiger partial charge on any atom is -0.406 e. The van der Waals surface area contributed by atoms with Crippen LogP contribution in [-0.4, -0.2) is 37.7 Å². The highest BCUT2D eigenvalue weighted by molar-refractivity contribution is 7.89. The zero-order chi connectivity index (χ0) is 16.5. The number of rotatable bonds is 3. The highest BCUT2D eigenvalue weighted by atomic mass is 32.2. The summed E-state index contributed by atoms with van der Waals surface area (Å²) in [5.74, 6) is -0.458. The number of sulfonamides is 1. The van der Waals surface area contributed by atoms with Gasteiger partial charge in [-0.25, -0.2) is 8.42 Å². The van der Waals surface area contributed by atoms with E-state index in [4.69, 9.17) is 5.73 Å². The normalized spacial score (nSPS) is 24.2. The van der Waals surface area contributed by atoms with Gasteiger partial charge in [0.1, 0.15) is 5.75 Å². The number of piperidine rings is 1. The Morgan fingerprint density at radius 1 is 1.27 bits per heavy atom. The fourth-order valence-corrected chi connectivity index (χ4v) is 4.15. The molecule has 0 saturated carbocycles. The second-order valence-electron chi connectivity index (χ2n) is 5.27. The summed E-state index contributed by atoms with van der Waals surface area (Å²) in [6, 6.07) is 3.90. The van der Waals surface area contributed by atoms with Gasteiger partial charge in [0.05, 0.1) is 4.90 Å². The number of ether oxygens (including phenoxy) is 1. The molecule has 1 saturated heterocycles. The van der Waals surface area contributed by atoms with Crippen molar-refractivity contribution in [2.75, 3.05) is 6.54 Å². The first-order valence-corrected chi connectivity index (χ1v) is 8.17. The average molecular weight is 338 g/mol. The lowest BCUT2D eigenvalue weighted by atomic mass is 10.0. The van der Waals surface area contributed by atoms with Gasteiger partial charge >= 0.3 is 6.36 Å². The molecule has 22 heavy (non-hydrogen) atoms. The zero-order valence-corrected chi connectivity index (χ0v) is 12.7. The summed E-state index contributed by atoms with van der Waals surface area (Å²) < 4.78 is 66.4. The Morgan fingerprint density at radius 3 is 2.36 bits per heavy atom. The van der Waals surface area contributed by atoms with Crippen LogP contribution in [0, 0.1) is 0 Å². The van der Waals surface area contributed by atoms with E-state index in [1.807, 2.05) is 0 Å². The molecular formula is C13H17F3N2O3S. The van der Waals surface area contributed by atoms with Crippen molar-refractivity contribution in [3.8, 4) is 5.75 Å². The van der Waals surface area contributed by atoms with Crippen molar-refractivity contribution in [3.05, 3.63) is 24.3 Å². The van der Waals surface area contributed by atoms with E-state index in [2.05, 4.69) is 4.74 Å². The number of alkyl halides is 3. The van der Waals surface area contributed by atoms with Crippen molar-refractivity contribution in [2.45, 2.75) is 43.1 Å². The monoisotopic (exact) mass is 338 g/mol. The summed E-state index contributed by atoms with van der Waals surface area (Å²) in [4.78, 5) is -0.0654. The number of nitrogens with two attached hydrogens (primary N) is 1. The average Bonchev–Trinajstić information content (AvgIpc) is 2.36. The third-order valence-electron chi connectivity index (χ3n) is 3.52. The van der Waals surface area contributed by atoms with Crippen molar-refractivity contribution in [2.24, 2.45) is 5.73 Å². The molecule has 0 amide bonds. The van der Waals surface area contributed by atoms with Crippen molar-refractivity contribution in [1.29, 1.82) is 0 Å². The SMILES string of the molecule is CC1CC(N)CCN1S(=O)(=O)c1ccc(OC(F)(F)F)cc1. The van der Waals surface area contributed by atoms with E-state index in [0.29, 0.717) is 19.4 Å². The third-order valence-corrected chi connectivity index (χ3v) is 5.55. The minimum absolute atomic E-state index is 0.0380. The minimum atomic E-state index is -4.81. The standard InChI is InChI=1S/C13H17F3N2O3S/c1-9-8-10(17)6-7-18(9)22(19,20)12-4-2-11(3-5-12)21-13(14,15)16/h2-5,9-10H,6-8,17H2,1H3. The van der Waals surface area contributed by atoms with Gasteiger partial charge < -0.3 is 10.5 Å². The summed E-state index contributed by atoms with van der Waals surface area (Å²) in [5, 5.41) is 0. The van der Waals surface area contributed by atoms with Crippen molar-refractivity contribution in [3.63, 3.8) is 0 Å². The molecule has 0 aromatic heterocycles. The van der Waals surface area contributed by atoms with Crippen LogP contribution < -0.4 is 10.5 Å². The number of benzene rings is 1. The molecule has 1 aromatic carbocycles. The summed E-state index contributed by atoms with van der Waals surface area (Å²) in [6.07, 6.45) is -3.70. The molecule has 9 heteroatoms. The molecule has 124 valence electrons. The van der Waals surface area contributed by atoms with Gasteiger partial charge in [-0.2, -0.15) is 4.31 Å². The first-order valence-electron chi connectivity index (χ1n) is 6.73. The second kappa shape index (κ2) is 6.05. The summed E-state index contributed by atoms with van der Waals surface area (Å²) in [7, 11) is -3.75. The van der Waals surface area contributed by atoms with E-state index >= 15 is 0 Å². The van der Waals surface area contributed by atoms with Crippen LogP contribution in [0.1, 0.15) is 19.8 Å². The van der Waals surface area contributed by atoms with Crippen molar-refractivity contribution >= 4 is 10.0 Å². The van der Waals surface area contributed by atoms with Crippen LogP contribution in [0.3, 0.4) is 0 Å². The first-order chi connectivity index (χ1) is 10.1. The van der Waals surface area contributed by atoms with Gasteiger partial charge in [-0.3, -0.25) is 0 Å². The lowest BCUT2D eigenvalue weighted by molar-refractivity contribution is -0.274. The molecule has 2 rings (SSSR count). The van der Waals surface area contributed by atoms with E-state index in [-0.39, 0.29) is 17.0 Å². The van der Waals surface area contributed by atoms with Crippen LogP contribution in [0.4, 0.5) is 13.2 Å². The first kappa shape index (κ1) is 17.0. The molecular weight excluding hydrogens is 321 g/mol. The van der Waals surface area contributed by atoms with Crippen molar-refractivity contribution in [1.82, 2.24) is 4.31 Å². The van der Waals surface area contributed by atoms with Crippen LogP contribution in [0.2, 0.25) is 0 Å². The molecule has 0 radical (unpaired) electrons. The molecule has 2 atom stereocenters. The van der Waals surface area contributed by atoms with Gasteiger partial charge in [0, 0.05) is 18.6 Å². The lowest BCUT2D eigenvalue weighted by Crippen LogP contribution is -2.48. The second-order valence-corrected chi connectivity index (χ2v) is 7.16. The Kier molecular flexibility index (Phi) is 4.69. The Morgan fingerprint density at radius 2 is 1.86 bits per heavy atom. The maximum absolute atomic E-state index is 12.5. The molecule has 5 nitrogen and oxygen atoms in total. The van der Waals surface area contributed by atoms with E-state index in [0.717, 1.165) is 24.3 Å². The van der Waals surface area contributed by atoms with Crippen molar-refractivity contribution < 1.29 is 26.3 Å². The molecule has 1 heterocycles. The summed E-state index contributed by atoms with van der Waals surface area (Å²) >= 11 is 0. The van der Waals surface area contributed by atoms with Gasteiger partial charge in [0.15, 0.2) is 0 Å². The Hall–Kier alpha value is -1.32. The highest BCUT2D eigenvalue weighted by Gasteiger charge is 2.34. The molecule has 0 spiro atoms.